The standard InChI is InChI=1S/C72H74N4O6/c73-53-57-15-23-61(24-16-57)63-27-39-69(40-28-63)79-51-13-7-5-11-49-77-67-35-19-59(20-36-67)55-75-65-31-43-71(44-32-65)81-47-9-3-1-2-4-10-48-82-72-45-33-66(34-46-72)76-56-60-21-37-68(38-22-60)78-50-12-6-8-14-52-80-70-41-29-64(30-42-70)62-25-17-58(54-74)18-26-62/h15-46,55-56H,1-14,47-52H2. The zero-order valence-corrected chi connectivity index (χ0v) is 47.0. The largest absolute Gasteiger partial charge is 0.494 e. The molecule has 0 saturated heterocycles. The van der Waals surface area contributed by atoms with E-state index in [4.69, 9.17) is 38.9 Å². The highest BCUT2D eigenvalue weighted by Crippen LogP contribution is 2.26. The number of hydrogen-bond acceptors (Lipinski definition) is 10. The van der Waals surface area contributed by atoms with Crippen molar-refractivity contribution in [3.63, 3.8) is 0 Å². The molecular weight excluding hydrogens is 1020 g/mol. The fraction of sp³-hybridized carbons (Fsp3) is 0.278. The molecule has 0 N–H and O–H groups in total. The van der Waals surface area contributed by atoms with Crippen molar-refractivity contribution in [2.24, 2.45) is 9.98 Å². The van der Waals surface area contributed by atoms with Crippen LogP contribution >= 0.6 is 0 Å². The van der Waals surface area contributed by atoms with Gasteiger partial charge in [-0.15, -0.1) is 0 Å². The predicted molar refractivity (Wildman–Crippen MR) is 331 cm³/mol. The van der Waals surface area contributed by atoms with Gasteiger partial charge in [0.15, 0.2) is 0 Å². The van der Waals surface area contributed by atoms with Gasteiger partial charge < -0.3 is 28.4 Å². The molecule has 8 rings (SSSR count). The van der Waals surface area contributed by atoms with E-state index in [-0.39, 0.29) is 0 Å². The minimum Gasteiger partial charge on any atom is -0.494 e. The van der Waals surface area contributed by atoms with Crippen LogP contribution in [0.4, 0.5) is 11.4 Å². The molecule has 0 spiro atoms. The summed E-state index contributed by atoms with van der Waals surface area (Å²) in [4.78, 5) is 9.30. The summed E-state index contributed by atoms with van der Waals surface area (Å²) in [7, 11) is 0. The second kappa shape index (κ2) is 34.1. The SMILES string of the molecule is N#Cc1ccc(-c2ccc(OCCCCCCOc3ccc(C=Nc4ccc(OCCCCCCCCOc5ccc(N=Cc6ccc(OCCCCCCOc7ccc(-c8ccc(C#N)cc8)cc7)cc6)cc5)cc4)cc3)cc2)cc1. The van der Waals surface area contributed by atoms with Crippen LogP contribution in [0.2, 0.25) is 0 Å². The van der Waals surface area contributed by atoms with Crippen molar-refractivity contribution in [1.82, 2.24) is 0 Å². The normalized spacial score (nSPS) is 11.0. The monoisotopic (exact) mass is 1090 g/mol. The van der Waals surface area contributed by atoms with E-state index in [9.17, 15) is 0 Å². The van der Waals surface area contributed by atoms with Crippen LogP contribution in [0, 0.1) is 22.7 Å². The van der Waals surface area contributed by atoms with Gasteiger partial charge in [-0.1, -0.05) is 74.2 Å². The molecule has 0 fully saturated rings. The highest BCUT2D eigenvalue weighted by atomic mass is 16.5. The minimum atomic E-state index is 0.663. The molecule has 418 valence electrons. The molecule has 0 aliphatic carbocycles. The minimum absolute atomic E-state index is 0.663. The third kappa shape index (κ3) is 21.2. The summed E-state index contributed by atoms with van der Waals surface area (Å²) in [6.45, 7) is 4.17. The van der Waals surface area contributed by atoms with Crippen molar-refractivity contribution in [3.05, 3.63) is 216 Å². The van der Waals surface area contributed by atoms with Crippen molar-refractivity contribution in [2.75, 3.05) is 39.6 Å². The Morgan fingerprint density at radius 1 is 0.256 bits per heavy atom. The van der Waals surface area contributed by atoms with Crippen molar-refractivity contribution in [2.45, 2.75) is 89.9 Å². The van der Waals surface area contributed by atoms with E-state index in [1.165, 1.54) is 12.8 Å². The zero-order valence-electron chi connectivity index (χ0n) is 47.0. The average molecular weight is 1090 g/mol. The first-order chi connectivity index (χ1) is 40.5. The third-order valence-electron chi connectivity index (χ3n) is 13.8. The first-order valence-electron chi connectivity index (χ1n) is 29.0. The van der Waals surface area contributed by atoms with Gasteiger partial charge in [-0.2, -0.15) is 10.5 Å². The van der Waals surface area contributed by atoms with Crippen LogP contribution < -0.4 is 28.4 Å². The van der Waals surface area contributed by atoms with E-state index in [1.54, 1.807) is 0 Å². The quantitative estimate of drug-likeness (QED) is 0.0284. The van der Waals surface area contributed by atoms with Crippen molar-refractivity contribution < 1.29 is 28.4 Å². The number of hydrogen-bond donors (Lipinski definition) is 0. The average Bonchev–Trinajstić information content (AvgIpc) is 3.60. The summed E-state index contributed by atoms with van der Waals surface area (Å²) in [6.07, 6.45) is 18.8. The molecule has 0 heterocycles. The number of rotatable bonds is 35. The van der Waals surface area contributed by atoms with Gasteiger partial charge in [-0.25, -0.2) is 0 Å². The maximum absolute atomic E-state index is 9.02. The fourth-order valence-electron chi connectivity index (χ4n) is 8.98. The first-order valence-corrected chi connectivity index (χ1v) is 29.0. The Kier molecular flexibility index (Phi) is 24.6. The number of ether oxygens (including phenoxy) is 6. The summed E-state index contributed by atoms with van der Waals surface area (Å²) in [6, 6.07) is 67.8. The van der Waals surface area contributed by atoms with Gasteiger partial charge in [0, 0.05) is 12.4 Å². The molecule has 0 saturated carbocycles. The summed E-state index contributed by atoms with van der Waals surface area (Å²) in [5, 5.41) is 18.0. The molecule has 8 aromatic carbocycles. The van der Waals surface area contributed by atoms with E-state index in [1.807, 2.05) is 182 Å². The van der Waals surface area contributed by atoms with Crippen LogP contribution in [0.25, 0.3) is 22.3 Å². The lowest BCUT2D eigenvalue weighted by Gasteiger charge is -2.08. The van der Waals surface area contributed by atoms with Crippen LogP contribution in [0.3, 0.4) is 0 Å². The van der Waals surface area contributed by atoms with E-state index in [0.717, 1.165) is 156 Å². The van der Waals surface area contributed by atoms with Crippen LogP contribution in [0.1, 0.15) is 112 Å². The van der Waals surface area contributed by atoms with E-state index >= 15 is 0 Å². The second-order valence-corrected chi connectivity index (χ2v) is 20.1. The van der Waals surface area contributed by atoms with Crippen molar-refractivity contribution >= 4 is 23.8 Å². The van der Waals surface area contributed by atoms with E-state index in [2.05, 4.69) is 46.4 Å². The Hall–Kier alpha value is -9.12. The van der Waals surface area contributed by atoms with Gasteiger partial charge >= 0.3 is 0 Å². The molecule has 10 nitrogen and oxygen atoms in total. The maximum Gasteiger partial charge on any atom is 0.119 e. The smallest absolute Gasteiger partial charge is 0.119 e. The topological polar surface area (TPSA) is 128 Å². The zero-order chi connectivity index (χ0) is 56.5. The first kappa shape index (κ1) is 59.0. The predicted octanol–water partition coefficient (Wildman–Crippen LogP) is 18.1. The molecule has 8 aromatic rings. The molecule has 0 aliphatic heterocycles. The number of aliphatic imine (C=N–C) groups is 2. The van der Waals surface area contributed by atoms with Crippen LogP contribution in [0.15, 0.2) is 204 Å². The molecule has 82 heavy (non-hydrogen) atoms. The molecule has 0 bridgehead atoms. The number of nitriles is 2. The van der Waals surface area contributed by atoms with Gasteiger partial charge in [0.2, 0.25) is 0 Å². The molecule has 10 heteroatoms. The molecule has 0 aromatic heterocycles. The van der Waals surface area contributed by atoms with Crippen LogP contribution in [-0.4, -0.2) is 52.1 Å². The lowest BCUT2D eigenvalue weighted by atomic mass is 10.0. The van der Waals surface area contributed by atoms with Gasteiger partial charge in [0.1, 0.15) is 34.5 Å². The Morgan fingerprint density at radius 3 is 0.707 bits per heavy atom. The summed E-state index contributed by atoms with van der Waals surface area (Å²) >= 11 is 0. The Balaban J connectivity index is 0.579. The highest BCUT2D eigenvalue weighted by molar-refractivity contribution is 5.83. The Morgan fingerprint density at radius 2 is 0.463 bits per heavy atom. The summed E-state index contributed by atoms with van der Waals surface area (Å²) in [5.41, 5.74) is 9.49. The van der Waals surface area contributed by atoms with E-state index < -0.39 is 0 Å². The highest BCUT2D eigenvalue weighted by Gasteiger charge is 2.05. The second-order valence-electron chi connectivity index (χ2n) is 20.1. The number of unbranched alkanes of at least 4 members (excludes halogenated alkanes) is 11. The van der Waals surface area contributed by atoms with Crippen LogP contribution in [-0.2, 0) is 0 Å². The summed E-state index contributed by atoms with van der Waals surface area (Å²) < 4.78 is 35.9. The molecule has 0 unspecified atom stereocenters. The van der Waals surface area contributed by atoms with Gasteiger partial charge in [-0.3, -0.25) is 9.98 Å². The molecule has 0 atom stereocenters. The van der Waals surface area contributed by atoms with Gasteiger partial charge in [0.05, 0.1) is 74.3 Å². The molecule has 0 amide bonds. The fourth-order valence-corrected chi connectivity index (χ4v) is 8.98. The Labute approximate surface area is 485 Å². The molecule has 0 aliphatic rings. The van der Waals surface area contributed by atoms with Gasteiger partial charge in [0.25, 0.3) is 0 Å². The lowest BCUT2D eigenvalue weighted by molar-refractivity contribution is 0.287. The van der Waals surface area contributed by atoms with Crippen molar-refractivity contribution in [3.8, 4) is 68.9 Å². The maximum atomic E-state index is 9.02. The van der Waals surface area contributed by atoms with Crippen molar-refractivity contribution in [1.29, 1.82) is 10.5 Å². The van der Waals surface area contributed by atoms with Gasteiger partial charge in [-0.05, 0) is 243 Å². The Bertz CT molecular complexity index is 3000. The van der Waals surface area contributed by atoms with E-state index in [0.29, 0.717) is 50.8 Å². The number of nitrogens with zero attached hydrogens (tertiary/aromatic N) is 4. The molecular formula is C72H74N4O6. The van der Waals surface area contributed by atoms with Crippen LogP contribution in [0.5, 0.6) is 34.5 Å². The third-order valence-corrected chi connectivity index (χ3v) is 13.8. The number of benzene rings is 8. The lowest BCUT2D eigenvalue weighted by Crippen LogP contribution is -2.00. The molecule has 0 radical (unpaired) electrons. The summed E-state index contributed by atoms with van der Waals surface area (Å²) in [5.74, 6) is 5.20.